The summed E-state index contributed by atoms with van der Waals surface area (Å²) in [5.74, 6) is -1.07. The van der Waals surface area contributed by atoms with Gasteiger partial charge in [-0.15, -0.1) is 0 Å². The molecule has 1 aliphatic carbocycles. The zero-order valence-electron chi connectivity index (χ0n) is 23.5. The van der Waals surface area contributed by atoms with Gasteiger partial charge in [0.25, 0.3) is 0 Å². The van der Waals surface area contributed by atoms with Crippen molar-refractivity contribution in [2.45, 2.75) is 58.5 Å². The number of amides is 2. The fourth-order valence-corrected chi connectivity index (χ4v) is 5.56. The number of aliphatic hydroxyl groups excluding tert-OH is 1. The molecule has 2 aromatic rings. The van der Waals surface area contributed by atoms with Gasteiger partial charge in [-0.2, -0.15) is 0 Å². The van der Waals surface area contributed by atoms with Crippen molar-refractivity contribution in [3.8, 4) is 0 Å². The van der Waals surface area contributed by atoms with Crippen LogP contribution in [-0.2, 0) is 22.4 Å². The topological polar surface area (TPSA) is 95.7 Å². The number of nitrogens with two attached hydrogens (primary N) is 1. The molecule has 0 bridgehead atoms. The van der Waals surface area contributed by atoms with Crippen LogP contribution in [0, 0.1) is 11.3 Å². The van der Waals surface area contributed by atoms with Gasteiger partial charge in [0, 0.05) is 31.1 Å². The molecular formula is C33H45N3O3. The molecule has 2 aromatic carbocycles. The Balaban J connectivity index is 1.78. The molecule has 0 radical (unpaired) electrons. The highest BCUT2D eigenvalue weighted by Crippen LogP contribution is 2.43. The fraction of sp³-hybridized carbons (Fsp3) is 0.455. The van der Waals surface area contributed by atoms with E-state index < -0.39 is 23.3 Å². The summed E-state index contributed by atoms with van der Waals surface area (Å²) >= 11 is 0. The number of carbonyl (C=O) groups is 2. The van der Waals surface area contributed by atoms with Gasteiger partial charge in [-0.3, -0.25) is 9.59 Å². The fourth-order valence-electron chi connectivity index (χ4n) is 5.56. The summed E-state index contributed by atoms with van der Waals surface area (Å²) in [6, 6.07) is 20.2. The summed E-state index contributed by atoms with van der Waals surface area (Å²) in [7, 11) is 0. The molecule has 0 aromatic heterocycles. The van der Waals surface area contributed by atoms with Crippen LogP contribution in [0.25, 0.3) is 0 Å². The Morgan fingerprint density at radius 3 is 2.21 bits per heavy atom. The number of aryl methyl sites for hydroxylation is 1. The molecule has 1 unspecified atom stereocenters. The molecule has 6 heteroatoms. The first-order valence-electron chi connectivity index (χ1n) is 14.4. The Morgan fingerprint density at radius 1 is 1.00 bits per heavy atom. The average Bonchev–Trinajstić information content (AvgIpc) is 2.96. The summed E-state index contributed by atoms with van der Waals surface area (Å²) in [6.07, 6.45) is 8.81. The van der Waals surface area contributed by atoms with Crippen LogP contribution >= 0.6 is 0 Å². The first kappa shape index (κ1) is 30.3. The van der Waals surface area contributed by atoms with Gasteiger partial charge in [-0.1, -0.05) is 92.7 Å². The molecule has 6 nitrogen and oxygen atoms in total. The van der Waals surface area contributed by atoms with E-state index in [0.717, 1.165) is 37.8 Å². The van der Waals surface area contributed by atoms with E-state index >= 15 is 0 Å². The highest BCUT2D eigenvalue weighted by molar-refractivity contribution is 5.96. The van der Waals surface area contributed by atoms with Crippen LogP contribution in [0.5, 0.6) is 0 Å². The first-order chi connectivity index (χ1) is 18.9. The molecule has 210 valence electrons. The minimum atomic E-state index is -1.18. The van der Waals surface area contributed by atoms with E-state index in [4.69, 9.17) is 5.73 Å². The number of benzene rings is 2. The van der Waals surface area contributed by atoms with E-state index in [-0.39, 0.29) is 12.3 Å². The average molecular weight is 532 g/mol. The van der Waals surface area contributed by atoms with Gasteiger partial charge in [0.05, 0.1) is 11.5 Å². The predicted molar refractivity (Wildman–Crippen MR) is 158 cm³/mol. The van der Waals surface area contributed by atoms with Crippen molar-refractivity contribution < 1.29 is 14.7 Å². The second-order valence-corrected chi connectivity index (χ2v) is 10.6. The molecule has 3 rings (SSSR count). The molecule has 0 heterocycles. The summed E-state index contributed by atoms with van der Waals surface area (Å²) in [5.41, 5.74) is 7.81. The van der Waals surface area contributed by atoms with Crippen molar-refractivity contribution in [3.63, 3.8) is 0 Å². The molecule has 2 amide bonds. The third kappa shape index (κ3) is 8.38. The van der Waals surface area contributed by atoms with Crippen LogP contribution in [-0.4, -0.2) is 54.1 Å². The predicted octanol–water partition coefficient (Wildman–Crippen LogP) is 4.44. The molecule has 0 saturated carbocycles. The number of hydrogen-bond acceptors (Lipinski definition) is 4. The second-order valence-electron chi connectivity index (χ2n) is 10.6. The van der Waals surface area contributed by atoms with Gasteiger partial charge in [0.2, 0.25) is 11.8 Å². The van der Waals surface area contributed by atoms with Gasteiger partial charge in [0.15, 0.2) is 0 Å². The van der Waals surface area contributed by atoms with Crippen LogP contribution < -0.4 is 11.1 Å². The maximum absolute atomic E-state index is 13.5. The molecule has 3 atom stereocenters. The number of aliphatic hydroxyl groups is 1. The van der Waals surface area contributed by atoms with Gasteiger partial charge < -0.3 is 21.1 Å². The summed E-state index contributed by atoms with van der Waals surface area (Å²) in [4.78, 5) is 28.6. The monoisotopic (exact) mass is 531 g/mol. The Bertz CT molecular complexity index is 1090. The molecular weight excluding hydrogens is 486 g/mol. The van der Waals surface area contributed by atoms with Crippen LogP contribution in [0.2, 0.25) is 0 Å². The smallest absolute Gasteiger partial charge is 0.249 e. The zero-order chi connectivity index (χ0) is 28.1. The van der Waals surface area contributed by atoms with E-state index in [1.807, 2.05) is 59.5 Å². The van der Waals surface area contributed by atoms with E-state index in [1.54, 1.807) is 12.2 Å². The quantitative estimate of drug-likeness (QED) is 0.279. The summed E-state index contributed by atoms with van der Waals surface area (Å²) in [6.45, 7) is 6.52. The lowest BCUT2D eigenvalue weighted by atomic mass is 9.64. The van der Waals surface area contributed by atoms with Crippen molar-refractivity contribution in [3.05, 3.63) is 95.6 Å². The van der Waals surface area contributed by atoms with Crippen molar-refractivity contribution >= 4 is 11.8 Å². The minimum Gasteiger partial charge on any atom is -0.391 e. The lowest BCUT2D eigenvalue weighted by molar-refractivity contribution is -0.132. The SMILES string of the molecule is CCCN(CCC)C(=O)C1=CC=CC(C(N)=O)([C@H](Cc2ccccc2)[C@@H](O)CNCCCc2ccccc2)C1. The first-order valence-corrected chi connectivity index (χ1v) is 14.4. The number of allylic oxidation sites excluding steroid dienone is 2. The molecule has 1 aliphatic rings. The van der Waals surface area contributed by atoms with Crippen LogP contribution in [0.1, 0.15) is 50.7 Å². The lowest BCUT2D eigenvalue weighted by Gasteiger charge is -2.41. The molecule has 39 heavy (non-hydrogen) atoms. The Labute approximate surface area is 234 Å². The Kier molecular flexibility index (Phi) is 12.0. The lowest BCUT2D eigenvalue weighted by Crippen LogP contribution is -2.51. The van der Waals surface area contributed by atoms with Gasteiger partial charge in [0.1, 0.15) is 0 Å². The molecule has 0 saturated heterocycles. The molecule has 0 aliphatic heterocycles. The summed E-state index contributed by atoms with van der Waals surface area (Å²) < 4.78 is 0. The molecule has 0 fully saturated rings. The van der Waals surface area contributed by atoms with Crippen molar-refractivity contribution in [2.24, 2.45) is 17.1 Å². The largest absolute Gasteiger partial charge is 0.391 e. The van der Waals surface area contributed by atoms with Crippen LogP contribution in [0.15, 0.2) is 84.5 Å². The normalized spacial score (nSPS) is 18.3. The van der Waals surface area contributed by atoms with E-state index in [9.17, 15) is 14.7 Å². The number of nitrogens with zero attached hydrogens (tertiary/aromatic N) is 1. The number of rotatable bonds is 16. The Hall–Kier alpha value is -3.22. The van der Waals surface area contributed by atoms with Crippen molar-refractivity contribution in [1.29, 1.82) is 0 Å². The molecule has 0 spiro atoms. The van der Waals surface area contributed by atoms with E-state index in [1.165, 1.54) is 5.56 Å². The van der Waals surface area contributed by atoms with Crippen molar-refractivity contribution in [2.75, 3.05) is 26.2 Å². The highest BCUT2D eigenvalue weighted by Gasteiger charge is 2.47. The maximum Gasteiger partial charge on any atom is 0.249 e. The van der Waals surface area contributed by atoms with E-state index in [2.05, 4.69) is 31.3 Å². The van der Waals surface area contributed by atoms with Crippen LogP contribution in [0.4, 0.5) is 0 Å². The van der Waals surface area contributed by atoms with E-state index in [0.29, 0.717) is 31.6 Å². The number of nitrogens with one attached hydrogen (secondary N) is 1. The molecule has 4 N–H and O–H groups in total. The summed E-state index contributed by atoms with van der Waals surface area (Å²) in [5, 5.41) is 14.9. The van der Waals surface area contributed by atoms with Crippen LogP contribution in [0.3, 0.4) is 0 Å². The van der Waals surface area contributed by atoms with Gasteiger partial charge >= 0.3 is 0 Å². The maximum atomic E-state index is 13.5. The van der Waals surface area contributed by atoms with Crippen molar-refractivity contribution in [1.82, 2.24) is 10.2 Å². The highest BCUT2D eigenvalue weighted by atomic mass is 16.3. The number of hydrogen-bond donors (Lipinski definition) is 3. The Morgan fingerprint density at radius 2 is 1.62 bits per heavy atom. The van der Waals surface area contributed by atoms with Gasteiger partial charge in [-0.25, -0.2) is 0 Å². The third-order valence-corrected chi connectivity index (χ3v) is 7.62. The number of carbonyl (C=O) groups excluding carboxylic acids is 2. The van der Waals surface area contributed by atoms with Gasteiger partial charge in [-0.05, 0) is 56.2 Å². The minimum absolute atomic E-state index is 0.0549. The zero-order valence-corrected chi connectivity index (χ0v) is 23.5. The number of primary amides is 1. The standard InChI is InChI=1S/C33H45N3O3/c1-3-21-36(22-4-2)31(38)28-18-11-19-33(24-28,32(34)39)29(23-27-15-9-6-10-16-27)30(37)25-35-20-12-17-26-13-7-5-8-14-26/h5-11,13-16,18-19,29-30,35,37H,3-4,12,17,20-25H2,1-2H3,(H2,34,39)/t29-,30+,33?/m1/s1. The second kappa shape index (κ2) is 15.4. The third-order valence-electron chi connectivity index (χ3n) is 7.62.